The monoisotopic (exact) mass is 580 g/mol. The summed E-state index contributed by atoms with van der Waals surface area (Å²) in [4.78, 5) is 42.1. The number of hydrogen-bond donors (Lipinski definition) is 0. The Morgan fingerprint density at radius 3 is 1.98 bits per heavy atom. The highest BCUT2D eigenvalue weighted by Crippen LogP contribution is 2.45. The Hall–Kier alpha value is -5.69. The summed E-state index contributed by atoms with van der Waals surface area (Å²) in [5.74, 6) is -0.170. The van der Waals surface area contributed by atoms with Crippen molar-refractivity contribution in [1.29, 1.82) is 0 Å². The highest BCUT2D eigenvalue weighted by molar-refractivity contribution is 5.79. The molecule has 1 aromatic heterocycles. The van der Waals surface area contributed by atoms with Crippen molar-refractivity contribution in [3.05, 3.63) is 171 Å². The largest absolute Gasteiger partial charge is 0.516 e. The lowest BCUT2D eigenvalue weighted by Crippen LogP contribution is -2.42. The number of allylic oxidation sites excluding steroid dienone is 4. The van der Waals surface area contributed by atoms with E-state index < -0.39 is 23.5 Å². The minimum atomic E-state index is -1.02. The van der Waals surface area contributed by atoms with Gasteiger partial charge in [0.05, 0.1) is 11.3 Å². The number of carbonyl (C=O) groups is 1. The zero-order valence-corrected chi connectivity index (χ0v) is 23.8. The molecule has 0 spiro atoms. The van der Waals surface area contributed by atoms with Gasteiger partial charge >= 0.3 is 11.8 Å². The molecule has 0 aliphatic heterocycles. The van der Waals surface area contributed by atoms with Crippen LogP contribution in [0.4, 0.5) is 4.79 Å². The number of hydrogen-bond acceptors (Lipinski definition) is 5. The highest BCUT2D eigenvalue weighted by atomic mass is 16.7. The van der Waals surface area contributed by atoms with Gasteiger partial charge in [-0.15, -0.1) is 0 Å². The summed E-state index contributed by atoms with van der Waals surface area (Å²) in [5, 5.41) is 0. The van der Waals surface area contributed by atoms with E-state index in [1.54, 1.807) is 30.3 Å². The van der Waals surface area contributed by atoms with Crippen molar-refractivity contribution in [3.8, 4) is 22.7 Å². The summed E-state index contributed by atoms with van der Waals surface area (Å²) in [6.45, 7) is 0. The van der Waals surface area contributed by atoms with Gasteiger partial charge in [0.1, 0.15) is 0 Å². The Balaban J connectivity index is 1.38. The summed E-state index contributed by atoms with van der Waals surface area (Å²) < 4.78 is 14.4. The van der Waals surface area contributed by atoms with E-state index in [9.17, 15) is 14.4 Å². The van der Waals surface area contributed by atoms with Crippen LogP contribution in [0.25, 0.3) is 22.5 Å². The molecule has 0 amide bonds. The van der Waals surface area contributed by atoms with Gasteiger partial charge in [0, 0.05) is 23.2 Å². The first kappa shape index (κ1) is 27.2. The smallest absolute Gasteiger partial charge is 0.421 e. The number of rotatable bonds is 6. The van der Waals surface area contributed by atoms with Crippen LogP contribution in [0.15, 0.2) is 137 Å². The van der Waals surface area contributed by atoms with Crippen LogP contribution >= 0.6 is 0 Å². The van der Waals surface area contributed by atoms with Crippen LogP contribution in [-0.2, 0) is 11.2 Å². The summed E-state index contributed by atoms with van der Waals surface area (Å²) in [7, 11) is 0. The van der Waals surface area contributed by atoms with Gasteiger partial charge in [-0.3, -0.25) is 4.79 Å². The molecule has 2 aliphatic rings. The third-order valence-electron chi connectivity index (χ3n) is 7.95. The van der Waals surface area contributed by atoms with E-state index in [2.05, 4.69) is 0 Å². The molecule has 0 unspecified atom stereocenters. The summed E-state index contributed by atoms with van der Waals surface area (Å²) in [6, 6.07) is 33.7. The molecule has 7 rings (SSSR count). The molecule has 2 aliphatic carbocycles. The van der Waals surface area contributed by atoms with Gasteiger partial charge in [-0.1, -0.05) is 109 Å². The lowest BCUT2D eigenvalue weighted by molar-refractivity contribution is 0.0721. The fraction of sp³-hybridized carbons (Fsp3) is 0.108. The van der Waals surface area contributed by atoms with Crippen LogP contribution in [0, 0.1) is 0 Å². The molecule has 7 heteroatoms. The Bertz CT molecular complexity index is 2010. The molecule has 216 valence electrons. The fourth-order valence-electron chi connectivity index (χ4n) is 5.93. The number of para-hydroxylation sites is 1. The first-order valence-corrected chi connectivity index (χ1v) is 14.5. The standard InChI is InChI=1S/C37H28N2O5/c40-34-32(24-25-14-4-1-5-15-25)35(39(27-18-8-3-9-19-27)36(41)38(34)26-16-6-2-7-17-26)44-37(42)43-33-30-22-12-10-20-28(30)29-21-11-13-23-31(29)33/h1,3-6,8-23,33H,2,7,24H2. The average molecular weight is 581 g/mol. The minimum absolute atomic E-state index is 0.126. The van der Waals surface area contributed by atoms with E-state index >= 15 is 0 Å². The molecule has 1 heterocycles. The van der Waals surface area contributed by atoms with Crippen LogP contribution in [0.3, 0.4) is 0 Å². The molecule has 0 fully saturated rings. The van der Waals surface area contributed by atoms with Crippen LogP contribution < -0.4 is 16.0 Å². The predicted molar refractivity (Wildman–Crippen MR) is 169 cm³/mol. The van der Waals surface area contributed by atoms with Gasteiger partial charge in [-0.2, -0.15) is 0 Å². The topological polar surface area (TPSA) is 79.5 Å². The molecule has 7 nitrogen and oxygen atoms in total. The van der Waals surface area contributed by atoms with E-state index in [1.807, 2.05) is 97.1 Å². The molecule has 0 N–H and O–H groups in total. The SMILES string of the molecule is O=C(Oc1c(Cc2ccccc2)c(=O)n(C2=CCCC=C2)c(=O)n1-c1ccccc1)OC1c2ccccc2-c2ccccc21. The number of benzene rings is 4. The molecule has 0 radical (unpaired) electrons. The number of fused-ring (bicyclic) bond motifs is 3. The maximum absolute atomic E-state index is 14.2. The van der Waals surface area contributed by atoms with E-state index in [-0.39, 0.29) is 17.9 Å². The van der Waals surface area contributed by atoms with Gasteiger partial charge in [-0.05, 0) is 47.7 Å². The van der Waals surface area contributed by atoms with Gasteiger partial charge < -0.3 is 9.47 Å². The quantitative estimate of drug-likeness (QED) is 0.201. The summed E-state index contributed by atoms with van der Waals surface area (Å²) in [5.41, 5.74) is 4.33. The first-order valence-electron chi connectivity index (χ1n) is 14.5. The van der Waals surface area contributed by atoms with E-state index in [4.69, 9.17) is 9.47 Å². The van der Waals surface area contributed by atoms with E-state index in [1.165, 1.54) is 4.57 Å². The Kier molecular flexibility index (Phi) is 7.12. The van der Waals surface area contributed by atoms with Crippen molar-refractivity contribution in [2.75, 3.05) is 0 Å². The lowest BCUT2D eigenvalue weighted by Gasteiger charge is -2.21. The Labute approximate surface area is 253 Å². The Morgan fingerprint density at radius 2 is 1.34 bits per heavy atom. The second-order valence-corrected chi connectivity index (χ2v) is 10.7. The predicted octanol–water partition coefficient (Wildman–Crippen LogP) is 7.07. The minimum Gasteiger partial charge on any atom is -0.421 e. The van der Waals surface area contributed by atoms with Gasteiger partial charge in [0.2, 0.25) is 5.88 Å². The van der Waals surface area contributed by atoms with E-state index in [0.29, 0.717) is 17.8 Å². The van der Waals surface area contributed by atoms with Crippen LogP contribution in [0.5, 0.6) is 5.88 Å². The van der Waals surface area contributed by atoms with Crippen molar-refractivity contribution >= 4 is 11.9 Å². The maximum Gasteiger partial charge on any atom is 0.516 e. The van der Waals surface area contributed by atoms with Crippen LogP contribution in [0.1, 0.15) is 41.2 Å². The number of nitrogens with zero attached hydrogens (tertiary/aromatic N) is 2. The van der Waals surface area contributed by atoms with E-state index in [0.717, 1.165) is 38.8 Å². The van der Waals surface area contributed by atoms with Crippen molar-refractivity contribution in [3.63, 3.8) is 0 Å². The van der Waals surface area contributed by atoms with Gasteiger partial charge in [0.25, 0.3) is 5.56 Å². The normalized spacial score (nSPS) is 13.6. The number of carbonyl (C=O) groups excluding carboxylic acids is 1. The molecule has 0 saturated heterocycles. The molecular weight excluding hydrogens is 552 g/mol. The van der Waals surface area contributed by atoms with Crippen molar-refractivity contribution in [2.45, 2.75) is 25.4 Å². The van der Waals surface area contributed by atoms with Gasteiger partial charge in [0.15, 0.2) is 6.10 Å². The number of aromatic nitrogens is 2. The third-order valence-corrected chi connectivity index (χ3v) is 7.95. The molecule has 4 aromatic carbocycles. The second kappa shape index (κ2) is 11.5. The Morgan fingerprint density at radius 1 is 0.727 bits per heavy atom. The molecule has 0 atom stereocenters. The first-order chi connectivity index (χ1) is 21.6. The number of ether oxygens (including phenoxy) is 2. The molecule has 0 saturated carbocycles. The fourth-order valence-corrected chi connectivity index (χ4v) is 5.93. The van der Waals surface area contributed by atoms with Crippen molar-refractivity contribution < 1.29 is 14.3 Å². The lowest BCUT2D eigenvalue weighted by atomic mass is 10.1. The molecule has 44 heavy (non-hydrogen) atoms. The summed E-state index contributed by atoms with van der Waals surface area (Å²) >= 11 is 0. The van der Waals surface area contributed by atoms with Crippen LogP contribution in [0.2, 0.25) is 0 Å². The zero-order valence-electron chi connectivity index (χ0n) is 23.8. The molecule has 5 aromatic rings. The van der Waals surface area contributed by atoms with Gasteiger partial charge in [-0.25, -0.2) is 18.7 Å². The van der Waals surface area contributed by atoms with Crippen molar-refractivity contribution in [1.82, 2.24) is 9.13 Å². The summed E-state index contributed by atoms with van der Waals surface area (Å²) in [6.07, 6.45) is 5.50. The maximum atomic E-state index is 14.2. The second-order valence-electron chi connectivity index (χ2n) is 10.7. The zero-order chi connectivity index (χ0) is 30.0. The highest BCUT2D eigenvalue weighted by Gasteiger charge is 2.33. The molecular formula is C37H28N2O5. The van der Waals surface area contributed by atoms with Crippen LogP contribution in [-0.4, -0.2) is 15.3 Å². The average Bonchev–Trinajstić information content (AvgIpc) is 3.37. The molecule has 0 bridgehead atoms. The van der Waals surface area contributed by atoms with Crippen molar-refractivity contribution in [2.24, 2.45) is 0 Å². The third kappa shape index (κ3) is 4.88.